The Bertz CT molecular complexity index is 674. The normalized spacial score (nSPS) is 22.6. The Morgan fingerprint density at radius 2 is 2.16 bits per heavy atom. The van der Waals surface area contributed by atoms with Gasteiger partial charge in [-0.3, -0.25) is 4.79 Å². The van der Waals surface area contributed by atoms with Crippen LogP contribution in [0.5, 0.6) is 0 Å². The summed E-state index contributed by atoms with van der Waals surface area (Å²) >= 11 is 1.96. The van der Waals surface area contributed by atoms with E-state index in [2.05, 4.69) is 13.5 Å². The Balaban J connectivity index is 1.65. The van der Waals surface area contributed by atoms with E-state index in [-0.39, 0.29) is 12.5 Å². The van der Waals surface area contributed by atoms with Gasteiger partial charge in [-0.05, 0) is 54.4 Å². The van der Waals surface area contributed by atoms with E-state index in [1.807, 2.05) is 65.2 Å². The van der Waals surface area contributed by atoms with Gasteiger partial charge in [0, 0.05) is 17.5 Å². The second kappa shape index (κ2) is 8.43. The molecule has 3 nitrogen and oxygen atoms in total. The Hall–Kier alpha value is -1.94. The van der Waals surface area contributed by atoms with Gasteiger partial charge in [-0.25, -0.2) is 0 Å². The summed E-state index contributed by atoms with van der Waals surface area (Å²) in [5, 5.41) is 0.513. The van der Waals surface area contributed by atoms with Gasteiger partial charge in [-0.1, -0.05) is 37.8 Å². The third-order valence-corrected chi connectivity index (χ3v) is 5.98. The maximum Gasteiger partial charge on any atom is 0.264 e. The third kappa shape index (κ3) is 4.79. The van der Waals surface area contributed by atoms with Crippen molar-refractivity contribution >= 4 is 23.4 Å². The second-order valence-electron chi connectivity index (χ2n) is 6.53. The monoisotopic (exact) mass is 355 g/mol. The van der Waals surface area contributed by atoms with Crippen molar-refractivity contribution in [3.8, 4) is 0 Å². The zero-order chi connectivity index (χ0) is 17.6. The number of carbonyl (C=O) groups excluding carboxylic acids is 1. The molecule has 0 saturated carbocycles. The van der Waals surface area contributed by atoms with Crippen LogP contribution in [0.2, 0.25) is 0 Å². The van der Waals surface area contributed by atoms with Crippen LogP contribution >= 0.6 is 11.8 Å². The zero-order valence-electron chi connectivity index (χ0n) is 14.7. The fourth-order valence-electron chi connectivity index (χ4n) is 2.99. The molecule has 0 spiro atoms. The maximum atomic E-state index is 12.8. The highest BCUT2D eigenvalue weighted by Gasteiger charge is 2.24. The van der Waals surface area contributed by atoms with E-state index in [0.29, 0.717) is 16.9 Å². The van der Waals surface area contributed by atoms with Crippen LogP contribution in [0.3, 0.4) is 0 Å². The van der Waals surface area contributed by atoms with Crippen molar-refractivity contribution in [2.45, 2.75) is 25.0 Å². The van der Waals surface area contributed by atoms with Gasteiger partial charge in [0.15, 0.2) is 6.61 Å². The number of allylic oxidation sites excluding steroid dienone is 4. The van der Waals surface area contributed by atoms with Gasteiger partial charge in [0.2, 0.25) is 0 Å². The number of hydrogen-bond acceptors (Lipinski definition) is 3. The molecule has 2 unspecified atom stereocenters. The van der Waals surface area contributed by atoms with Crippen LogP contribution in [-0.2, 0) is 9.53 Å². The summed E-state index contributed by atoms with van der Waals surface area (Å²) < 4.78 is 5.75. The molecule has 1 amide bonds. The Morgan fingerprint density at radius 3 is 2.84 bits per heavy atom. The minimum atomic E-state index is -0.00256. The number of rotatable bonds is 6. The molecule has 1 aliphatic carbocycles. The van der Waals surface area contributed by atoms with Gasteiger partial charge in [-0.2, -0.15) is 11.8 Å². The molecular formula is C21H25NO2S. The summed E-state index contributed by atoms with van der Waals surface area (Å²) in [4.78, 5) is 14.7. The van der Waals surface area contributed by atoms with E-state index in [9.17, 15) is 4.79 Å². The second-order valence-corrected chi connectivity index (χ2v) is 7.94. The minimum Gasteiger partial charge on any atom is -0.484 e. The lowest BCUT2D eigenvalue weighted by Crippen LogP contribution is -2.38. The van der Waals surface area contributed by atoms with E-state index in [4.69, 9.17) is 4.74 Å². The van der Waals surface area contributed by atoms with Crippen LogP contribution in [0.1, 0.15) is 19.8 Å². The molecule has 0 aromatic heterocycles. The van der Waals surface area contributed by atoms with E-state index in [1.54, 1.807) is 0 Å². The molecule has 1 aromatic rings. The topological polar surface area (TPSA) is 29.5 Å². The van der Waals surface area contributed by atoms with Crippen molar-refractivity contribution < 1.29 is 9.53 Å². The predicted molar refractivity (Wildman–Crippen MR) is 106 cm³/mol. The number of nitrogens with zero attached hydrogens (tertiary/aromatic N) is 1. The van der Waals surface area contributed by atoms with Gasteiger partial charge in [-0.15, -0.1) is 0 Å². The fraction of sp³-hybridized carbons (Fsp3) is 0.381. The molecule has 132 valence electrons. The molecule has 0 radical (unpaired) electrons. The predicted octanol–water partition coefficient (Wildman–Crippen LogP) is 4.58. The number of para-hydroxylation sites is 1. The lowest BCUT2D eigenvalue weighted by Gasteiger charge is -2.26. The first-order chi connectivity index (χ1) is 12.1. The molecule has 25 heavy (non-hydrogen) atoms. The van der Waals surface area contributed by atoms with Crippen LogP contribution in [0.15, 0.2) is 66.5 Å². The average molecular weight is 356 g/mol. The number of hydrogen-bond donors (Lipinski definition) is 0. The van der Waals surface area contributed by atoms with Crippen LogP contribution in [0.4, 0.5) is 5.69 Å². The molecule has 4 heteroatoms. The first-order valence-corrected chi connectivity index (χ1v) is 9.87. The first kappa shape index (κ1) is 17.9. The van der Waals surface area contributed by atoms with Crippen LogP contribution in [-0.4, -0.2) is 30.1 Å². The summed E-state index contributed by atoms with van der Waals surface area (Å²) in [5.41, 5.74) is 1.95. The van der Waals surface area contributed by atoms with Crippen LogP contribution in [0.25, 0.3) is 0 Å². The molecule has 2 atom stereocenters. The lowest BCUT2D eigenvalue weighted by atomic mass is 9.97. The summed E-state index contributed by atoms with van der Waals surface area (Å²) in [6, 6.07) is 9.88. The number of amides is 1. The summed E-state index contributed by atoms with van der Waals surface area (Å²) in [6.07, 6.45) is 8.30. The molecular weight excluding hydrogens is 330 g/mol. The molecule has 0 N–H and O–H groups in total. The smallest absolute Gasteiger partial charge is 0.264 e. The molecule has 2 aliphatic rings. The lowest BCUT2D eigenvalue weighted by molar-refractivity contribution is -0.121. The van der Waals surface area contributed by atoms with E-state index < -0.39 is 0 Å². The van der Waals surface area contributed by atoms with Crippen molar-refractivity contribution in [3.05, 3.63) is 66.5 Å². The van der Waals surface area contributed by atoms with Gasteiger partial charge in [0.25, 0.3) is 5.91 Å². The van der Waals surface area contributed by atoms with Gasteiger partial charge in [0.05, 0.1) is 0 Å². The number of thioether (sulfide) groups is 1. The highest BCUT2D eigenvalue weighted by molar-refractivity contribution is 8.00. The largest absolute Gasteiger partial charge is 0.484 e. The molecule has 0 bridgehead atoms. The molecule has 1 heterocycles. The van der Waals surface area contributed by atoms with E-state index >= 15 is 0 Å². The number of ether oxygens (including phenoxy) is 1. The Kier molecular flexibility index (Phi) is 6.03. The van der Waals surface area contributed by atoms with E-state index in [1.165, 1.54) is 18.6 Å². The van der Waals surface area contributed by atoms with Gasteiger partial charge >= 0.3 is 0 Å². The van der Waals surface area contributed by atoms with E-state index in [0.717, 1.165) is 17.8 Å². The number of carbonyl (C=O) groups is 1. The Morgan fingerprint density at radius 1 is 1.36 bits per heavy atom. The highest BCUT2D eigenvalue weighted by atomic mass is 32.2. The molecule has 1 saturated heterocycles. The first-order valence-electron chi connectivity index (χ1n) is 8.82. The maximum absolute atomic E-state index is 12.8. The number of anilines is 1. The molecule has 1 fully saturated rings. The standard InChI is InChI=1S/C21H25NO2S/c1-16-10-11-19(13-17(16)2)24-15-21(23)22(14-20-9-6-12-25-20)18-7-4-3-5-8-18/h3-5,7-8,10-11,13,16,20H,2,6,9,12,14-15H2,1H3. The zero-order valence-corrected chi connectivity index (χ0v) is 15.5. The van der Waals surface area contributed by atoms with Gasteiger partial charge in [0.1, 0.15) is 5.76 Å². The third-order valence-electron chi connectivity index (χ3n) is 4.60. The fourth-order valence-corrected chi connectivity index (χ4v) is 4.24. The summed E-state index contributed by atoms with van der Waals surface area (Å²) in [6.45, 7) is 6.90. The van der Waals surface area contributed by atoms with Crippen molar-refractivity contribution in [1.29, 1.82) is 0 Å². The molecule has 1 aliphatic heterocycles. The SMILES string of the molecule is C=C1C=C(OCC(=O)N(CC2CCCS2)c2ccccc2)C=CC1C. The van der Waals surface area contributed by atoms with Gasteiger partial charge < -0.3 is 9.64 Å². The van der Waals surface area contributed by atoms with Crippen molar-refractivity contribution in [1.82, 2.24) is 0 Å². The Labute approximate surface area is 154 Å². The van der Waals surface area contributed by atoms with Crippen molar-refractivity contribution in [2.75, 3.05) is 23.8 Å². The molecule has 3 rings (SSSR count). The molecule has 1 aromatic carbocycles. The average Bonchev–Trinajstić information content (AvgIpc) is 3.14. The van der Waals surface area contributed by atoms with Crippen LogP contribution in [0, 0.1) is 5.92 Å². The van der Waals surface area contributed by atoms with Crippen LogP contribution < -0.4 is 4.90 Å². The summed E-state index contributed by atoms with van der Waals surface area (Å²) in [7, 11) is 0. The summed E-state index contributed by atoms with van der Waals surface area (Å²) in [5.74, 6) is 2.22. The minimum absolute atomic E-state index is 0.00256. The quantitative estimate of drug-likeness (QED) is 0.748. The van der Waals surface area contributed by atoms with Crippen molar-refractivity contribution in [3.63, 3.8) is 0 Å². The van der Waals surface area contributed by atoms with Crippen molar-refractivity contribution in [2.24, 2.45) is 5.92 Å². The number of benzene rings is 1. The highest BCUT2D eigenvalue weighted by Crippen LogP contribution is 2.28.